The molecule has 39 heavy (non-hydrogen) atoms. The van der Waals surface area contributed by atoms with Gasteiger partial charge in [-0.2, -0.15) is 0 Å². The lowest BCUT2D eigenvalue weighted by Gasteiger charge is -2.70. The maximum absolute atomic E-state index is 13.5. The van der Waals surface area contributed by atoms with Gasteiger partial charge in [0.05, 0.1) is 29.7 Å². The second kappa shape index (κ2) is 8.58. The Morgan fingerprint density at radius 1 is 0.949 bits per heavy atom. The standard InChI is InChI=1S/C33H45NO5/c1-20(36)18-34-26-23(37)16-22-21(31(26,5)19-35)8-9-24-30(22,4)13-15-33(7)25-17-29(3,27(38)39)11-10-28(25,2)12-14-32(24,33)6/h8-9,16,25,35H,10-15,17-19H2,1-7H3,(H,38,39)/t25-,28-,29-,30+,31+,32-,33+/m1/s1. The Morgan fingerprint density at radius 3 is 2.23 bits per heavy atom. The first-order chi connectivity index (χ1) is 18.0. The van der Waals surface area contributed by atoms with Crippen molar-refractivity contribution in [3.63, 3.8) is 0 Å². The molecule has 0 aliphatic heterocycles. The van der Waals surface area contributed by atoms with Gasteiger partial charge in [0, 0.05) is 5.41 Å². The molecule has 0 bridgehead atoms. The van der Waals surface area contributed by atoms with Crippen LogP contribution in [0, 0.1) is 38.4 Å². The summed E-state index contributed by atoms with van der Waals surface area (Å²) in [6.45, 7) is 14.4. The van der Waals surface area contributed by atoms with E-state index in [1.807, 2.05) is 13.8 Å². The Balaban J connectivity index is 1.64. The van der Waals surface area contributed by atoms with E-state index in [9.17, 15) is 24.6 Å². The van der Waals surface area contributed by atoms with E-state index in [1.165, 1.54) is 12.5 Å². The zero-order valence-electron chi connectivity index (χ0n) is 24.7. The van der Waals surface area contributed by atoms with Gasteiger partial charge in [0.15, 0.2) is 5.78 Å². The van der Waals surface area contributed by atoms with Crippen molar-refractivity contribution in [2.75, 3.05) is 13.2 Å². The number of aliphatic imine (C=N–C) groups is 1. The van der Waals surface area contributed by atoms with Gasteiger partial charge in [-0.25, -0.2) is 0 Å². The number of allylic oxidation sites excluding steroid dienone is 5. The second-order valence-electron chi connectivity index (χ2n) is 14.8. The van der Waals surface area contributed by atoms with Crippen LogP contribution in [-0.4, -0.2) is 46.6 Å². The van der Waals surface area contributed by atoms with Gasteiger partial charge < -0.3 is 10.2 Å². The predicted molar refractivity (Wildman–Crippen MR) is 151 cm³/mol. The summed E-state index contributed by atoms with van der Waals surface area (Å²) in [5, 5.41) is 20.8. The molecule has 5 rings (SSSR count). The summed E-state index contributed by atoms with van der Waals surface area (Å²) >= 11 is 0. The Labute approximate surface area is 232 Å². The van der Waals surface area contributed by atoms with Crippen LogP contribution in [0.25, 0.3) is 0 Å². The third-order valence-corrected chi connectivity index (χ3v) is 12.5. The number of aliphatic hydroxyl groups is 1. The molecule has 3 fully saturated rings. The number of ketones is 2. The number of carboxylic acid groups (broad SMARTS) is 1. The predicted octanol–water partition coefficient (Wildman–Crippen LogP) is 5.89. The molecule has 212 valence electrons. The van der Waals surface area contributed by atoms with Crippen LogP contribution in [0.4, 0.5) is 0 Å². The minimum absolute atomic E-state index is 0.0680. The van der Waals surface area contributed by atoms with Crippen molar-refractivity contribution in [2.45, 2.75) is 93.4 Å². The molecule has 0 spiro atoms. The number of fused-ring (bicyclic) bond motifs is 7. The molecule has 0 aromatic rings. The summed E-state index contributed by atoms with van der Waals surface area (Å²) < 4.78 is 0. The maximum Gasteiger partial charge on any atom is 0.309 e. The minimum Gasteiger partial charge on any atom is -0.481 e. The first-order valence-corrected chi connectivity index (χ1v) is 14.6. The SMILES string of the molecule is CC(=O)CN=C1C(=O)C=C2C(=CC=C3[C@@]2(C)CC[C@@]2(C)[C@@H]4C[C@](C)(C(=O)O)CC[C@]4(C)CC[C@]32C)[C@]1(C)CO. The molecular weight excluding hydrogens is 490 g/mol. The monoisotopic (exact) mass is 535 g/mol. The third-order valence-electron chi connectivity index (χ3n) is 12.5. The van der Waals surface area contributed by atoms with Gasteiger partial charge in [0.1, 0.15) is 0 Å². The number of carbonyl (C=O) groups excluding carboxylic acids is 2. The van der Waals surface area contributed by atoms with Gasteiger partial charge in [-0.3, -0.25) is 19.4 Å². The summed E-state index contributed by atoms with van der Waals surface area (Å²) in [5.74, 6) is -0.726. The summed E-state index contributed by atoms with van der Waals surface area (Å²) in [5.41, 5.74) is 1.36. The van der Waals surface area contributed by atoms with Crippen molar-refractivity contribution in [2.24, 2.45) is 43.4 Å². The van der Waals surface area contributed by atoms with Crippen LogP contribution in [0.3, 0.4) is 0 Å². The van der Waals surface area contributed by atoms with E-state index in [0.29, 0.717) is 12.3 Å². The molecule has 0 radical (unpaired) electrons. The molecule has 5 aliphatic rings. The highest BCUT2D eigenvalue weighted by molar-refractivity contribution is 6.48. The lowest BCUT2D eigenvalue weighted by molar-refractivity contribution is -0.178. The molecule has 0 heterocycles. The van der Waals surface area contributed by atoms with Gasteiger partial charge >= 0.3 is 5.97 Å². The van der Waals surface area contributed by atoms with Gasteiger partial charge in [-0.15, -0.1) is 0 Å². The largest absolute Gasteiger partial charge is 0.481 e. The van der Waals surface area contributed by atoms with Crippen LogP contribution in [0.15, 0.2) is 39.9 Å². The molecule has 0 saturated heterocycles. The maximum atomic E-state index is 13.5. The van der Waals surface area contributed by atoms with E-state index in [2.05, 4.69) is 44.8 Å². The van der Waals surface area contributed by atoms with Gasteiger partial charge in [0.2, 0.25) is 5.78 Å². The van der Waals surface area contributed by atoms with Crippen LogP contribution >= 0.6 is 0 Å². The lowest BCUT2D eigenvalue weighted by atomic mass is 9.34. The van der Waals surface area contributed by atoms with Crippen LogP contribution in [0.5, 0.6) is 0 Å². The topological polar surface area (TPSA) is 104 Å². The molecule has 6 nitrogen and oxygen atoms in total. The van der Waals surface area contributed by atoms with E-state index in [0.717, 1.165) is 49.7 Å². The Kier molecular flexibility index (Phi) is 6.20. The summed E-state index contributed by atoms with van der Waals surface area (Å²) in [6.07, 6.45) is 12.4. The summed E-state index contributed by atoms with van der Waals surface area (Å²) in [7, 11) is 0. The van der Waals surface area contributed by atoms with Gasteiger partial charge in [0.25, 0.3) is 0 Å². The molecule has 0 aromatic carbocycles. The van der Waals surface area contributed by atoms with Crippen molar-refractivity contribution in [3.8, 4) is 0 Å². The normalized spacial score (nSPS) is 46.2. The highest BCUT2D eigenvalue weighted by Crippen LogP contribution is 2.75. The number of carbonyl (C=O) groups is 3. The Bertz CT molecular complexity index is 1290. The zero-order chi connectivity index (χ0) is 28.8. The molecule has 0 unspecified atom stereocenters. The third kappa shape index (κ3) is 3.62. The summed E-state index contributed by atoms with van der Waals surface area (Å²) in [6, 6.07) is 0. The molecule has 0 aromatic heterocycles. The fourth-order valence-corrected chi connectivity index (χ4v) is 9.50. The first kappa shape index (κ1) is 28.2. The van der Waals surface area contributed by atoms with Crippen molar-refractivity contribution in [1.82, 2.24) is 0 Å². The highest BCUT2D eigenvalue weighted by atomic mass is 16.4. The molecule has 3 saturated carbocycles. The van der Waals surface area contributed by atoms with E-state index < -0.39 is 16.8 Å². The van der Waals surface area contributed by atoms with Crippen LogP contribution in [0.1, 0.15) is 93.4 Å². The number of hydrogen-bond acceptors (Lipinski definition) is 5. The highest BCUT2D eigenvalue weighted by Gasteiger charge is 2.67. The van der Waals surface area contributed by atoms with Crippen LogP contribution in [-0.2, 0) is 14.4 Å². The molecule has 6 heteroatoms. The molecule has 5 aliphatic carbocycles. The average molecular weight is 536 g/mol. The van der Waals surface area contributed by atoms with Gasteiger partial charge in [-0.05, 0) is 105 Å². The van der Waals surface area contributed by atoms with Crippen LogP contribution < -0.4 is 0 Å². The number of rotatable bonds is 4. The lowest BCUT2D eigenvalue weighted by Crippen LogP contribution is -2.62. The Hall–Kier alpha value is -2.34. The average Bonchev–Trinajstić information content (AvgIpc) is 2.86. The number of aliphatic hydroxyl groups excluding tert-OH is 1. The van der Waals surface area contributed by atoms with Crippen LogP contribution in [0.2, 0.25) is 0 Å². The quantitative estimate of drug-likeness (QED) is 0.467. The molecular formula is C33H45NO5. The fourth-order valence-electron chi connectivity index (χ4n) is 9.50. The van der Waals surface area contributed by atoms with E-state index >= 15 is 0 Å². The number of Topliss-reactive ketones (excluding diaryl/α,β-unsaturated/α-hetero) is 1. The zero-order valence-corrected chi connectivity index (χ0v) is 24.7. The van der Waals surface area contributed by atoms with Crippen molar-refractivity contribution in [3.05, 3.63) is 34.9 Å². The number of nitrogens with zero attached hydrogens (tertiary/aromatic N) is 1. The second-order valence-corrected chi connectivity index (χ2v) is 14.8. The van der Waals surface area contributed by atoms with Crippen molar-refractivity contribution >= 4 is 23.2 Å². The smallest absolute Gasteiger partial charge is 0.309 e. The van der Waals surface area contributed by atoms with Gasteiger partial charge in [-0.1, -0.05) is 45.4 Å². The molecule has 0 amide bonds. The Morgan fingerprint density at radius 2 is 1.62 bits per heavy atom. The van der Waals surface area contributed by atoms with E-state index in [-0.39, 0.29) is 52.1 Å². The van der Waals surface area contributed by atoms with Crippen molar-refractivity contribution < 1.29 is 24.6 Å². The van der Waals surface area contributed by atoms with E-state index in [1.54, 1.807) is 6.08 Å². The number of aliphatic carboxylic acids is 1. The first-order valence-electron chi connectivity index (χ1n) is 14.6. The van der Waals surface area contributed by atoms with Crippen molar-refractivity contribution in [1.29, 1.82) is 0 Å². The number of hydrogen-bond donors (Lipinski definition) is 2. The minimum atomic E-state index is -0.971. The fraction of sp³-hybridized carbons (Fsp3) is 0.697. The number of carboxylic acids is 1. The summed E-state index contributed by atoms with van der Waals surface area (Å²) in [4.78, 5) is 41.9. The van der Waals surface area contributed by atoms with E-state index in [4.69, 9.17) is 0 Å². The molecule has 2 N–H and O–H groups in total. The molecule has 7 atom stereocenters.